The lowest BCUT2D eigenvalue weighted by atomic mass is 9.97. The first-order valence-corrected chi connectivity index (χ1v) is 8.16. The minimum atomic E-state index is -3.90. The summed E-state index contributed by atoms with van der Waals surface area (Å²) in [5.74, 6) is -3.34. The molecule has 110 valence electrons. The van der Waals surface area contributed by atoms with Gasteiger partial charge in [-0.05, 0) is 18.6 Å². The van der Waals surface area contributed by atoms with Gasteiger partial charge in [-0.1, -0.05) is 6.92 Å². The molecule has 0 radical (unpaired) electrons. The van der Waals surface area contributed by atoms with Crippen LogP contribution in [0.25, 0.3) is 0 Å². The van der Waals surface area contributed by atoms with Crippen LogP contribution in [0.4, 0.5) is 0 Å². The van der Waals surface area contributed by atoms with E-state index in [0.29, 0.717) is 0 Å². The Labute approximate surface area is 120 Å². The molecule has 1 aliphatic rings. The minimum absolute atomic E-state index is 0.133. The highest BCUT2D eigenvalue weighted by Gasteiger charge is 2.44. The van der Waals surface area contributed by atoms with Crippen molar-refractivity contribution < 1.29 is 27.8 Å². The average Bonchev–Trinajstić information content (AvgIpc) is 2.63. The van der Waals surface area contributed by atoms with Gasteiger partial charge in [-0.3, -0.25) is 0 Å². The van der Waals surface area contributed by atoms with Crippen LogP contribution < -0.4 is 14.6 Å². The maximum absolute atomic E-state index is 11.3. The molecule has 1 heterocycles. The highest BCUT2D eigenvalue weighted by molar-refractivity contribution is 8.13. The Hall–Kier alpha value is -1.47. The molecule has 6 nitrogen and oxygen atoms in total. The van der Waals surface area contributed by atoms with Gasteiger partial charge in [-0.15, -0.1) is 0 Å². The van der Waals surface area contributed by atoms with Crippen LogP contribution in [0.15, 0.2) is 23.1 Å². The van der Waals surface area contributed by atoms with Gasteiger partial charge in [0.1, 0.15) is 0 Å². The number of hydrogen-bond acceptors (Lipinski definition) is 6. The minimum Gasteiger partial charge on any atom is -0.550 e. The summed E-state index contributed by atoms with van der Waals surface area (Å²) in [6.07, 6.45) is 0.244. The molecule has 0 aliphatic carbocycles. The Morgan fingerprint density at radius 2 is 2.00 bits per heavy atom. The molecule has 0 spiro atoms. The summed E-state index contributed by atoms with van der Waals surface area (Å²) < 4.78 is 33.5. The maximum atomic E-state index is 11.3. The number of aliphatic carboxylic acids is 1. The van der Waals surface area contributed by atoms with Gasteiger partial charge < -0.3 is 19.4 Å². The van der Waals surface area contributed by atoms with Crippen molar-refractivity contribution >= 4 is 25.7 Å². The summed E-state index contributed by atoms with van der Waals surface area (Å²) in [7, 11) is 1.35. The number of rotatable bonds is 4. The molecule has 2 rings (SSSR count). The zero-order chi connectivity index (χ0) is 15.1. The van der Waals surface area contributed by atoms with E-state index in [0.717, 1.165) is 0 Å². The largest absolute Gasteiger partial charge is 0.550 e. The predicted octanol–water partition coefficient (Wildman–Crippen LogP) is 0.878. The number of carboxylic acids is 1. The number of fused-ring (bicyclic) bond motifs is 1. The van der Waals surface area contributed by atoms with Crippen LogP contribution in [0.3, 0.4) is 0 Å². The zero-order valence-electron chi connectivity index (χ0n) is 10.8. The van der Waals surface area contributed by atoms with Gasteiger partial charge in [0.25, 0.3) is 14.8 Å². The third-order valence-electron chi connectivity index (χ3n) is 3.15. The molecule has 8 heteroatoms. The molecular weight excluding hydrogens is 308 g/mol. The number of carboxylic acid groups (broad SMARTS) is 1. The lowest BCUT2D eigenvalue weighted by Crippen LogP contribution is -2.51. The average molecular weight is 320 g/mol. The van der Waals surface area contributed by atoms with Crippen molar-refractivity contribution in [3.63, 3.8) is 0 Å². The van der Waals surface area contributed by atoms with Crippen LogP contribution in [-0.4, -0.2) is 20.2 Å². The normalized spacial score (nSPS) is 22.6. The molecule has 1 aromatic carbocycles. The van der Waals surface area contributed by atoms with Crippen molar-refractivity contribution in [2.24, 2.45) is 5.92 Å². The van der Waals surface area contributed by atoms with E-state index in [4.69, 9.17) is 20.2 Å². The van der Waals surface area contributed by atoms with E-state index < -0.39 is 26.7 Å². The Kier molecular flexibility index (Phi) is 3.60. The number of ether oxygens (including phenoxy) is 2. The van der Waals surface area contributed by atoms with E-state index in [1.165, 1.54) is 25.1 Å². The third-order valence-corrected chi connectivity index (χ3v) is 4.50. The molecular formula is C12H12ClO6S-. The summed E-state index contributed by atoms with van der Waals surface area (Å²) >= 11 is 0. The maximum Gasteiger partial charge on any atom is 0.261 e. The standard InChI is InChI=1S/C12H13ClO6S/c1-3-8(11(14)15)12(2)18-9-5-4-7(20(13,16)17)6-10(9)19-12/h4-6,8H,3H2,1-2H3,(H,14,15)/p-1. The number of carbonyl (C=O) groups excluding carboxylic acids is 1. The second kappa shape index (κ2) is 4.82. The van der Waals surface area contributed by atoms with Gasteiger partial charge in [0.05, 0.1) is 16.8 Å². The third kappa shape index (κ3) is 2.55. The van der Waals surface area contributed by atoms with Gasteiger partial charge in [-0.2, -0.15) is 0 Å². The Balaban J connectivity index is 2.38. The first-order chi connectivity index (χ1) is 9.17. The number of hydrogen-bond donors (Lipinski definition) is 0. The van der Waals surface area contributed by atoms with Crippen molar-refractivity contribution in [1.29, 1.82) is 0 Å². The molecule has 1 aromatic rings. The van der Waals surface area contributed by atoms with E-state index in [1.54, 1.807) is 6.92 Å². The van der Waals surface area contributed by atoms with Crippen molar-refractivity contribution in [2.75, 3.05) is 0 Å². The van der Waals surface area contributed by atoms with Crippen molar-refractivity contribution in [3.8, 4) is 11.5 Å². The topological polar surface area (TPSA) is 92.7 Å². The monoisotopic (exact) mass is 319 g/mol. The Morgan fingerprint density at radius 1 is 1.40 bits per heavy atom. The summed E-state index contributed by atoms with van der Waals surface area (Å²) in [6.45, 7) is 3.13. The van der Waals surface area contributed by atoms with E-state index in [1.807, 2.05) is 0 Å². The highest BCUT2D eigenvalue weighted by atomic mass is 35.7. The molecule has 2 unspecified atom stereocenters. The summed E-state index contributed by atoms with van der Waals surface area (Å²) in [6, 6.07) is 3.83. The molecule has 0 N–H and O–H groups in total. The van der Waals surface area contributed by atoms with Crippen LogP contribution >= 0.6 is 10.7 Å². The smallest absolute Gasteiger partial charge is 0.261 e. The first-order valence-electron chi connectivity index (χ1n) is 5.85. The second-order valence-electron chi connectivity index (χ2n) is 4.55. The molecule has 20 heavy (non-hydrogen) atoms. The van der Waals surface area contributed by atoms with Gasteiger partial charge in [0.2, 0.25) is 0 Å². The van der Waals surface area contributed by atoms with E-state index in [2.05, 4.69) is 0 Å². The van der Waals surface area contributed by atoms with Gasteiger partial charge in [-0.25, -0.2) is 8.42 Å². The van der Waals surface area contributed by atoms with Crippen LogP contribution in [0.2, 0.25) is 0 Å². The first kappa shape index (κ1) is 14.9. The fourth-order valence-electron chi connectivity index (χ4n) is 2.16. The van der Waals surface area contributed by atoms with Gasteiger partial charge in [0, 0.05) is 23.7 Å². The van der Waals surface area contributed by atoms with Crippen molar-refractivity contribution in [3.05, 3.63) is 18.2 Å². The lowest BCUT2D eigenvalue weighted by molar-refractivity contribution is -0.321. The number of carbonyl (C=O) groups is 1. The zero-order valence-corrected chi connectivity index (χ0v) is 12.3. The fraction of sp³-hybridized carbons (Fsp3) is 0.417. The van der Waals surface area contributed by atoms with Crippen molar-refractivity contribution in [1.82, 2.24) is 0 Å². The molecule has 0 fully saturated rings. The molecule has 2 atom stereocenters. The summed E-state index contributed by atoms with van der Waals surface area (Å²) in [5, 5.41) is 11.1. The SMILES string of the molecule is CCC(C(=O)[O-])C1(C)Oc2ccc(S(=O)(=O)Cl)cc2O1. The summed E-state index contributed by atoms with van der Waals surface area (Å²) in [4.78, 5) is 11.0. The lowest BCUT2D eigenvalue weighted by Gasteiger charge is -2.32. The Bertz CT molecular complexity index is 656. The second-order valence-corrected chi connectivity index (χ2v) is 7.11. The number of benzene rings is 1. The van der Waals surface area contributed by atoms with Crippen molar-refractivity contribution in [2.45, 2.75) is 31.0 Å². The molecule has 1 aliphatic heterocycles. The number of halogens is 1. The quantitative estimate of drug-likeness (QED) is 0.765. The molecule has 0 bridgehead atoms. The molecule has 0 saturated heterocycles. The van der Waals surface area contributed by atoms with Gasteiger partial charge >= 0.3 is 0 Å². The highest BCUT2D eigenvalue weighted by Crippen LogP contribution is 2.44. The van der Waals surface area contributed by atoms with Crippen LogP contribution in [0, 0.1) is 5.92 Å². The Morgan fingerprint density at radius 3 is 2.50 bits per heavy atom. The van der Waals surface area contributed by atoms with Crippen LogP contribution in [-0.2, 0) is 13.8 Å². The van der Waals surface area contributed by atoms with Gasteiger partial charge in [0.15, 0.2) is 11.5 Å². The van der Waals surface area contributed by atoms with Crippen LogP contribution in [0.5, 0.6) is 11.5 Å². The fourth-order valence-corrected chi connectivity index (χ4v) is 2.92. The predicted molar refractivity (Wildman–Crippen MR) is 67.9 cm³/mol. The molecule has 0 amide bonds. The summed E-state index contributed by atoms with van der Waals surface area (Å²) in [5.41, 5.74) is 0. The van der Waals surface area contributed by atoms with Crippen LogP contribution in [0.1, 0.15) is 20.3 Å². The van der Waals surface area contributed by atoms with E-state index in [-0.39, 0.29) is 22.8 Å². The molecule has 0 saturated carbocycles. The molecule has 0 aromatic heterocycles. The van der Waals surface area contributed by atoms with E-state index in [9.17, 15) is 18.3 Å². The van der Waals surface area contributed by atoms with E-state index >= 15 is 0 Å².